The van der Waals surface area contributed by atoms with Gasteiger partial charge in [0, 0.05) is 61.1 Å². The highest BCUT2D eigenvalue weighted by Crippen LogP contribution is 2.39. The molecule has 4 aromatic rings. The van der Waals surface area contributed by atoms with Crippen molar-refractivity contribution in [3.05, 3.63) is 78.4 Å². The number of methoxy groups -OCH3 is 1. The van der Waals surface area contributed by atoms with Gasteiger partial charge in [-0.1, -0.05) is 30.3 Å². The number of anilines is 3. The number of pyridine rings is 1. The van der Waals surface area contributed by atoms with Crippen molar-refractivity contribution in [2.24, 2.45) is 0 Å². The van der Waals surface area contributed by atoms with Crippen LogP contribution < -0.4 is 25.2 Å². The van der Waals surface area contributed by atoms with Crippen LogP contribution in [0.4, 0.5) is 35.5 Å². The summed E-state index contributed by atoms with van der Waals surface area (Å²) in [6.45, 7) is 3.58. The molecule has 6 rings (SSSR count). The molecule has 0 bridgehead atoms. The number of amides is 2. The number of rotatable bonds is 9. The Balaban J connectivity index is 1.18. The van der Waals surface area contributed by atoms with Gasteiger partial charge in [0.25, 0.3) is 0 Å². The van der Waals surface area contributed by atoms with Crippen molar-refractivity contribution in [3.8, 4) is 17.1 Å². The average molecular weight is 678 g/mol. The van der Waals surface area contributed by atoms with E-state index in [4.69, 9.17) is 4.74 Å². The van der Waals surface area contributed by atoms with Crippen LogP contribution in [0.15, 0.2) is 67.3 Å². The van der Waals surface area contributed by atoms with Crippen LogP contribution in [0.25, 0.3) is 11.1 Å². The molecule has 0 spiro atoms. The van der Waals surface area contributed by atoms with E-state index in [1.807, 2.05) is 43.3 Å². The van der Waals surface area contributed by atoms with Gasteiger partial charge in [0.1, 0.15) is 17.2 Å². The number of carbonyl (C=O) groups is 1. The lowest BCUT2D eigenvalue weighted by Crippen LogP contribution is -2.60. The quantitative estimate of drug-likeness (QED) is 0.204. The monoisotopic (exact) mass is 677 g/mol. The second-order valence-corrected chi connectivity index (χ2v) is 12.7. The highest BCUT2D eigenvalue weighted by molar-refractivity contribution is 5.92. The van der Waals surface area contributed by atoms with Crippen LogP contribution in [0.1, 0.15) is 56.7 Å². The topological polar surface area (TPSA) is 142 Å². The van der Waals surface area contributed by atoms with Crippen LogP contribution in [-0.4, -0.2) is 73.9 Å². The normalized spacial score (nSPS) is 19.4. The zero-order valence-corrected chi connectivity index (χ0v) is 27.4. The molecule has 0 radical (unpaired) electrons. The Labute approximate surface area is 281 Å². The summed E-state index contributed by atoms with van der Waals surface area (Å²) in [6, 6.07) is 12.7. The first-order valence-electron chi connectivity index (χ1n) is 16.1. The number of hydrogen-bond acceptors (Lipinski definition) is 10. The van der Waals surface area contributed by atoms with Crippen LogP contribution in [0.3, 0.4) is 0 Å². The van der Waals surface area contributed by atoms with E-state index in [0.717, 1.165) is 22.9 Å². The number of β-amino-alcohol motifs (C(OH)–C–C–N with tert-alkyl or cyclic N) is 1. The van der Waals surface area contributed by atoms with Gasteiger partial charge >= 0.3 is 18.2 Å². The van der Waals surface area contributed by atoms with Gasteiger partial charge in [-0.2, -0.15) is 18.2 Å². The van der Waals surface area contributed by atoms with Crippen LogP contribution in [-0.2, 0) is 6.18 Å². The molecule has 1 atom stereocenters. The minimum absolute atomic E-state index is 0.0430. The Morgan fingerprint density at radius 1 is 0.980 bits per heavy atom. The molecule has 3 N–H and O–H groups in total. The lowest BCUT2D eigenvalue weighted by atomic mass is 9.90. The Morgan fingerprint density at radius 2 is 1.65 bits per heavy atom. The maximum atomic E-state index is 13.9. The van der Waals surface area contributed by atoms with E-state index in [-0.39, 0.29) is 55.0 Å². The molecule has 1 aromatic carbocycles. The van der Waals surface area contributed by atoms with Crippen LogP contribution in [0.5, 0.6) is 6.01 Å². The fraction of sp³-hybridized carbons (Fsp3) is 0.412. The largest absolute Gasteiger partial charge is 0.467 e. The number of halogens is 3. The summed E-state index contributed by atoms with van der Waals surface area (Å²) in [5.41, 5.74) is 0.463. The Hall–Kier alpha value is -5.05. The predicted molar refractivity (Wildman–Crippen MR) is 177 cm³/mol. The third-order valence-electron chi connectivity index (χ3n) is 8.83. The number of nitrogens with one attached hydrogen (secondary N) is 2. The zero-order chi connectivity index (χ0) is 34.8. The van der Waals surface area contributed by atoms with Crippen LogP contribution >= 0.6 is 0 Å². The zero-order valence-electron chi connectivity index (χ0n) is 27.4. The van der Waals surface area contributed by atoms with Crippen molar-refractivity contribution in [2.75, 3.05) is 35.3 Å². The molecule has 2 aliphatic rings. The Morgan fingerprint density at radius 3 is 2.24 bits per heavy atom. The highest BCUT2D eigenvalue weighted by Gasteiger charge is 2.43. The first-order valence-corrected chi connectivity index (χ1v) is 16.1. The first-order chi connectivity index (χ1) is 23.4. The molecule has 15 heteroatoms. The Kier molecular flexibility index (Phi) is 9.54. The number of hydrogen-bond donors (Lipinski definition) is 3. The minimum atomic E-state index is -4.63. The maximum Gasteiger partial charge on any atom is 0.421 e. The number of ether oxygens (including phenoxy) is 1. The molecule has 1 saturated carbocycles. The molecule has 4 heterocycles. The summed E-state index contributed by atoms with van der Waals surface area (Å²) < 4.78 is 46.3. The van der Waals surface area contributed by atoms with Gasteiger partial charge in [-0.05, 0) is 57.2 Å². The van der Waals surface area contributed by atoms with Gasteiger partial charge < -0.3 is 25.4 Å². The molecular weight excluding hydrogens is 639 g/mol. The fourth-order valence-corrected chi connectivity index (χ4v) is 6.28. The molecule has 258 valence electrons. The summed E-state index contributed by atoms with van der Waals surface area (Å²) >= 11 is 0. The van der Waals surface area contributed by atoms with Crippen molar-refractivity contribution in [2.45, 2.75) is 69.4 Å². The predicted octanol–water partition coefficient (Wildman–Crippen LogP) is 5.63. The number of alkyl halides is 3. The van der Waals surface area contributed by atoms with Crippen molar-refractivity contribution in [1.29, 1.82) is 0 Å². The number of aromatic nitrogens is 5. The summed E-state index contributed by atoms with van der Waals surface area (Å²) in [5.74, 6) is 0.314. The molecule has 1 aliphatic carbocycles. The van der Waals surface area contributed by atoms with E-state index in [1.54, 1.807) is 36.5 Å². The number of aliphatic hydroxyl groups is 1. The second-order valence-electron chi connectivity index (χ2n) is 12.7. The lowest BCUT2D eigenvalue weighted by Gasteiger charge is -2.45. The van der Waals surface area contributed by atoms with Crippen molar-refractivity contribution in [1.82, 2.24) is 30.2 Å². The third kappa shape index (κ3) is 7.82. The SMILES string of the molecule is COc1ncc(-c2ccc(N(C(=O)N[C@@H](C)c3ccccc3)C3CCC(Nc4ncc(C(F)(F)F)c(N5CC(C)(O)C5)n4)CC3)nc2)cn1. The van der Waals surface area contributed by atoms with Gasteiger partial charge in [0.05, 0.1) is 18.8 Å². The fourth-order valence-electron chi connectivity index (χ4n) is 6.28. The molecule has 49 heavy (non-hydrogen) atoms. The molecule has 0 unspecified atom stereocenters. The van der Waals surface area contributed by atoms with Gasteiger partial charge in [-0.3, -0.25) is 4.90 Å². The number of urea groups is 1. The molecule has 1 saturated heterocycles. The van der Waals surface area contributed by atoms with Crippen LogP contribution in [0.2, 0.25) is 0 Å². The van der Waals surface area contributed by atoms with E-state index >= 15 is 0 Å². The molecule has 1 aliphatic heterocycles. The first kappa shape index (κ1) is 33.8. The van der Waals surface area contributed by atoms with Gasteiger partial charge in [0.15, 0.2) is 0 Å². The second kappa shape index (κ2) is 13.8. The number of nitrogens with zero attached hydrogens (tertiary/aromatic N) is 7. The van der Waals surface area contributed by atoms with Crippen LogP contribution in [0, 0.1) is 0 Å². The van der Waals surface area contributed by atoms with E-state index < -0.39 is 17.3 Å². The van der Waals surface area contributed by atoms with Crippen molar-refractivity contribution in [3.63, 3.8) is 0 Å². The van der Waals surface area contributed by atoms with E-state index in [2.05, 4.69) is 35.6 Å². The van der Waals surface area contributed by atoms with Gasteiger partial charge in [-0.25, -0.2) is 24.7 Å². The summed E-state index contributed by atoms with van der Waals surface area (Å²) in [7, 11) is 1.49. The summed E-state index contributed by atoms with van der Waals surface area (Å²) in [5, 5.41) is 16.4. The van der Waals surface area contributed by atoms with Crippen molar-refractivity contribution < 1.29 is 27.8 Å². The Bertz CT molecular complexity index is 1730. The maximum absolute atomic E-state index is 13.9. The standard InChI is InChI=1S/C34H38F3N9O3/c1-21(22-7-5-4-6-8-22)42-32(47)46(28-14-9-23(15-38-28)24-16-40-31(49-3)41-17-24)26-12-10-25(11-13-26)43-30-39-18-27(34(35,36)37)29(44-30)45-19-33(2,48)20-45/h4-9,14-18,21,25-26,48H,10-13,19-20H2,1-3H3,(H,42,47)(H,39,43,44)/t21-,25?,26?/m0/s1. The van der Waals surface area contributed by atoms with Crippen molar-refractivity contribution >= 4 is 23.6 Å². The molecule has 12 nitrogen and oxygen atoms in total. The lowest BCUT2D eigenvalue weighted by molar-refractivity contribution is -0.137. The summed E-state index contributed by atoms with van der Waals surface area (Å²) in [4.78, 5) is 38.2. The molecular formula is C34H38F3N9O3. The third-order valence-corrected chi connectivity index (χ3v) is 8.83. The average Bonchev–Trinajstić information content (AvgIpc) is 3.08. The number of benzene rings is 1. The van der Waals surface area contributed by atoms with Gasteiger partial charge in [-0.15, -0.1) is 0 Å². The van der Waals surface area contributed by atoms with E-state index in [0.29, 0.717) is 31.5 Å². The van der Waals surface area contributed by atoms with Gasteiger partial charge in [0.2, 0.25) is 5.95 Å². The van der Waals surface area contributed by atoms with E-state index in [9.17, 15) is 23.1 Å². The molecule has 2 amide bonds. The number of carbonyl (C=O) groups excluding carboxylic acids is 1. The minimum Gasteiger partial charge on any atom is -0.467 e. The molecule has 3 aromatic heterocycles. The smallest absolute Gasteiger partial charge is 0.421 e. The highest BCUT2D eigenvalue weighted by atomic mass is 19.4. The molecule has 2 fully saturated rings. The van der Waals surface area contributed by atoms with E-state index in [1.165, 1.54) is 12.0 Å². The summed E-state index contributed by atoms with van der Waals surface area (Å²) in [6.07, 6.45) is 3.53.